The summed E-state index contributed by atoms with van der Waals surface area (Å²) in [5, 5.41) is 3.65. The lowest BCUT2D eigenvalue weighted by atomic mass is 9.82. The van der Waals surface area contributed by atoms with Crippen LogP contribution < -0.4 is 5.32 Å². The fourth-order valence-electron chi connectivity index (χ4n) is 2.94. The normalized spacial score (nSPS) is 29.2. The Hall–Kier alpha value is -0.120. The summed E-state index contributed by atoms with van der Waals surface area (Å²) in [5.41, 5.74) is 0. The van der Waals surface area contributed by atoms with E-state index in [0.717, 1.165) is 25.6 Å². The molecule has 3 nitrogen and oxygen atoms in total. The van der Waals surface area contributed by atoms with Crippen LogP contribution in [0.2, 0.25) is 0 Å². The van der Waals surface area contributed by atoms with Gasteiger partial charge in [0.05, 0.1) is 12.7 Å². The van der Waals surface area contributed by atoms with Gasteiger partial charge in [-0.05, 0) is 52.6 Å². The molecule has 18 heavy (non-hydrogen) atoms. The molecule has 0 bridgehead atoms. The van der Waals surface area contributed by atoms with Crippen LogP contribution >= 0.6 is 0 Å². The monoisotopic (exact) mass is 256 g/mol. The lowest BCUT2D eigenvalue weighted by molar-refractivity contribution is 0.0417. The summed E-state index contributed by atoms with van der Waals surface area (Å²) >= 11 is 0. The number of nitrogens with zero attached hydrogens (tertiary/aromatic N) is 1. The third-order valence-electron chi connectivity index (χ3n) is 4.01. The van der Waals surface area contributed by atoms with Crippen LogP contribution in [0.4, 0.5) is 0 Å². The average Bonchev–Trinajstić information content (AvgIpc) is 2.31. The highest BCUT2D eigenvalue weighted by Gasteiger charge is 2.30. The van der Waals surface area contributed by atoms with Crippen molar-refractivity contribution in [1.82, 2.24) is 10.2 Å². The first-order valence-electron chi connectivity index (χ1n) is 7.59. The summed E-state index contributed by atoms with van der Waals surface area (Å²) in [4.78, 5) is 2.49. The summed E-state index contributed by atoms with van der Waals surface area (Å²) in [6, 6.07) is 1.33. The molecular weight excluding hydrogens is 224 g/mol. The average molecular weight is 256 g/mol. The highest BCUT2D eigenvalue weighted by atomic mass is 16.5. The molecule has 1 aliphatic carbocycles. The number of nitrogens with one attached hydrogen (secondary N) is 1. The van der Waals surface area contributed by atoms with Gasteiger partial charge >= 0.3 is 0 Å². The molecule has 0 spiro atoms. The van der Waals surface area contributed by atoms with E-state index in [1.165, 1.54) is 19.3 Å². The zero-order chi connectivity index (χ0) is 13.5. The van der Waals surface area contributed by atoms with Crippen LogP contribution in [0.25, 0.3) is 0 Å². The minimum absolute atomic E-state index is 0.341. The van der Waals surface area contributed by atoms with Crippen molar-refractivity contribution in [3.05, 3.63) is 0 Å². The van der Waals surface area contributed by atoms with Crippen LogP contribution in [0.5, 0.6) is 0 Å². The Labute approximate surface area is 113 Å². The van der Waals surface area contributed by atoms with Crippen molar-refractivity contribution in [2.75, 3.05) is 26.7 Å². The summed E-state index contributed by atoms with van der Waals surface area (Å²) in [5.74, 6) is 0.860. The molecule has 1 saturated carbocycles. The first-order valence-corrected chi connectivity index (χ1v) is 7.59. The fraction of sp³-hybridized carbons (Fsp3) is 1.00. The Balaban J connectivity index is 2.42. The SMILES string of the molecule is CCNC1CCC(C)CC1N(C)CCOC(C)C. The molecule has 3 atom stereocenters. The molecule has 0 amide bonds. The predicted molar refractivity (Wildman–Crippen MR) is 78.0 cm³/mol. The predicted octanol–water partition coefficient (Wildman–Crippen LogP) is 2.51. The van der Waals surface area contributed by atoms with Crippen molar-refractivity contribution >= 4 is 0 Å². The standard InChI is InChI=1S/C15H32N2O/c1-6-16-14-8-7-13(4)11-15(14)17(5)9-10-18-12(2)3/h12-16H,6-11H2,1-5H3. The van der Waals surface area contributed by atoms with Crippen LogP contribution in [0, 0.1) is 5.92 Å². The molecule has 3 heteroatoms. The maximum atomic E-state index is 5.66. The lowest BCUT2D eigenvalue weighted by Gasteiger charge is -2.41. The molecule has 0 heterocycles. The molecule has 1 aliphatic rings. The Bertz CT molecular complexity index is 221. The quantitative estimate of drug-likeness (QED) is 0.757. The van der Waals surface area contributed by atoms with Gasteiger partial charge in [-0.15, -0.1) is 0 Å². The second-order valence-electron chi connectivity index (χ2n) is 6.05. The first-order chi connectivity index (χ1) is 8.54. The van der Waals surface area contributed by atoms with Crippen molar-refractivity contribution in [2.24, 2.45) is 5.92 Å². The van der Waals surface area contributed by atoms with Crippen LogP contribution in [0.1, 0.15) is 47.0 Å². The zero-order valence-corrected chi connectivity index (χ0v) is 12.9. The van der Waals surface area contributed by atoms with Gasteiger partial charge in [0.2, 0.25) is 0 Å². The smallest absolute Gasteiger partial charge is 0.0596 e. The van der Waals surface area contributed by atoms with E-state index < -0.39 is 0 Å². The van der Waals surface area contributed by atoms with Gasteiger partial charge in [-0.1, -0.05) is 13.8 Å². The summed E-state index contributed by atoms with van der Waals surface area (Å²) in [6.07, 6.45) is 4.34. The van der Waals surface area contributed by atoms with Crippen molar-refractivity contribution in [3.8, 4) is 0 Å². The Morgan fingerprint density at radius 1 is 1.33 bits per heavy atom. The number of ether oxygens (including phenoxy) is 1. The Morgan fingerprint density at radius 3 is 2.67 bits per heavy atom. The van der Waals surface area contributed by atoms with Crippen LogP contribution in [-0.4, -0.2) is 49.8 Å². The topological polar surface area (TPSA) is 24.5 Å². The zero-order valence-electron chi connectivity index (χ0n) is 12.9. The van der Waals surface area contributed by atoms with Gasteiger partial charge in [0.15, 0.2) is 0 Å². The maximum Gasteiger partial charge on any atom is 0.0596 e. The molecule has 0 saturated heterocycles. The van der Waals surface area contributed by atoms with E-state index in [1.54, 1.807) is 0 Å². The van der Waals surface area contributed by atoms with Gasteiger partial charge in [0, 0.05) is 18.6 Å². The van der Waals surface area contributed by atoms with Crippen molar-refractivity contribution in [3.63, 3.8) is 0 Å². The van der Waals surface area contributed by atoms with Gasteiger partial charge < -0.3 is 10.1 Å². The van der Waals surface area contributed by atoms with Gasteiger partial charge in [0.25, 0.3) is 0 Å². The third kappa shape index (κ3) is 5.25. The number of likely N-dealkylation sites (N-methyl/N-ethyl adjacent to an activating group) is 2. The number of hydrogen-bond donors (Lipinski definition) is 1. The van der Waals surface area contributed by atoms with E-state index in [4.69, 9.17) is 4.74 Å². The number of hydrogen-bond acceptors (Lipinski definition) is 3. The molecule has 108 valence electrons. The van der Waals surface area contributed by atoms with Crippen LogP contribution in [0.15, 0.2) is 0 Å². The minimum Gasteiger partial charge on any atom is -0.377 e. The van der Waals surface area contributed by atoms with Gasteiger partial charge in [0.1, 0.15) is 0 Å². The van der Waals surface area contributed by atoms with E-state index in [2.05, 4.69) is 45.0 Å². The highest BCUT2D eigenvalue weighted by Crippen LogP contribution is 2.27. The largest absolute Gasteiger partial charge is 0.377 e. The van der Waals surface area contributed by atoms with Crippen molar-refractivity contribution in [2.45, 2.75) is 65.1 Å². The summed E-state index contributed by atoms with van der Waals surface area (Å²) in [7, 11) is 2.25. The molecular formula is C15H32N2O. The highest BCUT2D eigenvalue weighted by molar-refractivity contribution is 4.89. The maximum absolute atomic E-state index is 5.66. The minimum atomic E-state index is 0.341. The Morgan fingerprint density at radius 2 is 2.06 bits per heavy atom. The third-order valence-corrected chi connectivity index (χ3v) is 4.01. The van der Waals surface area contributed by atoms with Gasteiger partial charge in [-0.3, -0.25) is 4.90 Å². The molecule has 0 aliphatic heterocycles. The van der Waals surface area contributed by atoms with E-state index in [-0.39, 0.29) is 0 Å². The molecule has 1 fully saturated rings. The molecule has 1 rings (SSSR count). The van der Waals surface area contributed by atoms with Gasteiger partial charge in [-0.25, -0.2) is 0 Å². The van der Waals surface area contributed by atoms with E-state index in [9.17, 15) is 0 Å². The summed E-state index contributed by atoms with van der Waals surface area (Å²) < 4.78 is 5.66. The van der Waals surface area contributed by atoms with Crippen LogP contribution in [0.3, 0.4) is 0 Å². The second kappa shape index (κ2) is 8.13. The Kier molecular flexibility index (Phi) is 7.20. The molecule has 1 N–H and O–H groups in total. The van der Waals surface area contributed by atoms with E-state index in [1.807, 2.05) is 0 Å². The second-order valence-corrected chi connectivity index (χ2v) is 6.05. The van der Waals surface area contributed by atoms with Crippen LogP contribution in [-0.2, 0) is 4.74 Å². The molecule has 3 unspecified atom stereocenters. The lowest BCUT2D eigenvalue weighted by Crippen LogP contribution is -2.52. The van der Waals surface area contributed by atoms with Crippen molar-refractivity contribution < 1.29 is 4.74 Å². The van der Waals surface area contributed by atoms with E-state index >= 15 is 0 Å². The molecule has 0 aromatic rings. The van der Waals surface area contributed by atoms with Crippen molar-refractivity contribution in [1.29, 1.82) is 0 Å². The number of rotatable bonds is 7. The van der Waals surface area contributed by atoms with Gasteiger partial charge in [-0.2, -0.15) is 0 Å². The molecule has 0 aromatic heterocycles. The fourth-order valence-corrected chi connectivity index (χ4v) is 2.94. The molecule has 0 radical (unpaired) electrons. The molecule has 0 aromatic carbocycles. The summed E-state index contributed by atoms with van der Waals surface area (Å²) in [6.45, 7) is 11.8. The first kappa shape index (κ1) is 15.9. The van der Waals surface area contributed by atoms with E-state index in [0.29, 0.717) is 18.2 Å².